The summed E-state index contributed by atoms with van der Waals surface area (Å²) in [5.41, 5.74) is 6.01. The van der Waals surface area contributed by atoms with Crippen LogP contribution in [0.2, 0.25) is 5.02 Å². The lowest BCUT2D eigenvalue weighted by molar-refractivity contribution is 0.257. The number of aromatic nitrogens is 2. The molecule has 1 saturated heterocycles. The molecule has 33 heavy (non-hydrogen) atoms. The van der Waals surface area contributed by atoms with Gasteiger partial charge in [0.05, 0.1) is 16.9 Å². The van der Waals surface area contributed by atoms with Gasteiger partial charge in [0.2, 0.25) is 0 Å². The topological polar surface area (TPSA) is 36.3 Å². The van der Waals surface area contributed by atoms with Gasteiger partial charge in [-0.1, -0.05) is 35.9 Å². The Bertz CT molecular complexity index is 1040. The summed E-state index contributed by atoms with van der Waals surface area (Å²) in [5.74, 6) is 0. The summed E-state index contributed by atoms with van der Waals surface area (Å²) in [6.45, 7) is 15.9. The Morgan fingerprint density at radius 3 is 2.33 bits per heavy atom. The van der Waals surface area contributed by atoms with E-state index >= 15 is 0 Å². The average molecular weight is 466 g/mol. The van der Waals surface area contributed by atoms with E-state index in [1.54, 1.807) is 0 Å². The zero-order chi connectivity index (χ0) is 23.4. The second-order valence-corrected chi connectivity index (χ2v) is 10.3. The first-order valence-corrected chi connectivity index (χ1v) is 12.3. The minimum absolute atomic E-state index is 0.0698. The Morgan fingerprint density at radius 1 is 0.970 bits per heavy atom. The predicted molar refractivity (Wildman–Crippen MR) is 139 cm³/mol. The van der Waals surface area contributed by atoms with Crippen LogP contribution in [0.1, 0.15) is 32.0 Å². The minimum atomic E-state index is -0.0698. The Morgan fingerprint density at radius 2 is 1.67 bits per heavy atom. The molecule has 1 aliphatic heterocycles. The van der Waals surface area contributed by atoms with Crippen LogP contribution in [0.15, 0.2) is 54.6 Å². The standard InChI is InChI=1S/C27H36ClN5/c1-21-7-5-6-8-25(21)26-19-23(30-33(26)27(2,3)4)20-29-13-14-31-15-17-32(18-16-31)24-11-9-22(28)10-12-24/h5-12,19,29H,13-18,20H2,1-4H3. The number of nitrogens with zero attached hydrogens (tertiary/aromatic N) is 4. The highest BCUT2D eigenvalue weighted by atomic mass is 35.5. The van der Waals surface area contributed by atoms with Gasteiger partial charge in [0.1, 0.15) is 0 Å². The van der Waals surface area contributed by atoms with E-state index in [4.69, 9.17) is 16.7 Å². The molecule has 0 aliphatic carbocycles. The molecule has 4 rings (SSSR count). The Balaban J connectivity index is 1.29. The van der Waals surface area contributed by atoms with Gasteiger partial charge in [-0.2, -0.15) is 5.10 Å². The third kappa shape index (κ3) is 5.97. The predicted octanol–water partition coefficient (Wildman–Crippen LogP) is 5.18. The number of halogens is 1. The van der Waals surface area contributed by atoms with Crippen molar-refractivity contribution in [3.8, 4) is 11.3 Å². The summed E-state index contributed by atoms with van der Waals surface area (Å²) < 4.78 is 2.17. The van der Waals surface area contributed by atoms with Gasteiger partial charge in [-0.15, -0.1) is 0 Å². The molecule has 1 N–H and O–H groups in total. The largest absolute Gasteiger partial charge is 0.369 e. The summed E-state index contributed by atoms with van der Waals surface area (Å²) in [6, 6.07) is 19.0. The fraction of sp³-hybridized carbons (Fsp3) is 0.444. The molecular weight excluding hydrogens is 430 g/mol. The molecule has 1 aromatic heterocycles. The lowest BCUT2D eigenvalue weighted by Gasteiger charge is -2.36. The third-order valence-corrected chi connectivity index (χ3v) is 6.54. The summed E-state index contributed by atoms with van der Waals surface area (Å²) >= 11 is 6.02. The lowest BCUT2D eigenvalue weighted by Crippen LogP contribution is -2.48. The summed E-state index contributed by atoms with van der Waals surface area (Å²) in [6.07, 6.45) is 0. The maximum atomic E-state index is 6.02. The normalized spacial score (nSPS) is 15.2. The smallest absolute Gasteiger partial charge is 0.0769 e. The van der Waals surface area contributed by atoms with E-state index in [-0.39, 0.29) is 5.54 Å². The maximum Gasteiger partial charge on any atom is 0.0769 e. The van der Waals surface area contributed by atoms with Gasteiger partial charge < -0.3 is 10.2 Å². The molecule has 0 atom stereocenters. The second-order valence-electron chi connectivity index (χ2n) is 9.90. The zero-order valence-corrected chi connectivity index (χ0v) is 21.1. The van der Waals surface area contributed by atoms with Gasteiger partial charge in [0.15, 0.2) is 0 Å². The van der Waals surface area contributed by atoms with Crippen molar-refractivity contribution in [1.82, 2.24) is 20.0 Å². The van der Waals surface area contributed by atoms with Crippen LogP contribution in [0.3, 0.4) is 0 Å². The van der Waals surface area contributed by atoms with Crippen molar-refractivity contribution in [2.24, 2.45) is 0 Å². The van der Waals surface area contributed by atoms with Crippen LogP contribution in [0, 0.1) is 6.92 Å². The van der Waals surface area contributed by atoms with Crippen molar-refractivity contribution in [2.45, 2.75) is 39.8 Å². The van der Waals surface area contributed by atoms with Crippen LogP contribution < -0.4 is 10.2 Å². The van der Waals surface area contributed by atoms with Crippen molar-refractivity contribution in [2.75, 3.05) is 44.2 Å². The van der Waals surface area contributed by atoms with Crippen LogP contribution in [-0.4, -0.2) is 53.9 Å². The van der Waals surface area contributed by atoms with Crippen LogP contribution >= 0.6 is 11.6 Å². The van der Waals surface area contributed by atoms with E-state index in [9.17, 15) is 0 Å². The van der Waals surface area contributed by atoms with Crippen LogP contribution in [0.4, 0.5) is 5.69 Å². The van der Waals surface area contributed by atoms with Crippen molar-refractivity contribution >= 4 is 17.3 Å². The van der Waals surface area contributed by atoms with Gasteiger partial charge in [-0.05, 0) is 63.6 Å². The maximum absolute atomic E-state index is 6.02. The number of piperazine rings is 1. The highest BCUT2D eigenvalue weighted by Crippen LogP contribution is 2.29. The SMILES string of the molecule is Cc1ccccc1-c1cc(CNCCN2CCN(c3ccc(Cl)cc3)CC2)nn1C(C)(C)C. The number of rotatable bonds is 7. The number of anilines is 1. The van der Waals surface area contributed by atoms with Crippen molar-refractivity contribution < 1.29 is 0 Å². The number of hydrogen-bond acceptors (Lipinski definition) is 4. The summed E-state index contributed by atoms with van der Waals surface area (Å²) in [5, 5.41) is 9.36. The first kappa shape index (κ1) is 23.8. The Labute approximate surface area is 203 Å². The van der Waals surface area contributed by atoms with Crippen molar-refractivity contribution in [1.29, 1.82) is 0 Å². The number of benzene rings is 2. The average Bonchev–Trinajstić information content (AvgIpc) is 3.23. The molecular formula is C27H36ClN5. The van der Waals surface area contributed by atoms with Gasteiger partial charge in [-0.3, -0.25) is 9.58 Å². The molecule has 0 radical (unpaired) electrons. The van der Waals surface area contributed by atoms with Crippen molar-refractivity contribution in [3.05, 3.63) is 70.9 Å². The Hall–Kier alpha value is -2.34. The van der Waals surface area contributed by atoms with Crippen LogP contribution in [-0.2, 0) is 12.1 Å². The third-order valence-electron chi connectivity index (χ3n) is 6.29. The molecule has 0 bridgehead atoms. The molecule has 1 aliphatic rings. The lowest BCUT2D eigenvalue weighted by atomic mass is 10.0. The molecule has 3 aromatic rings. The molecule has 5 nitrogen and oxygen atoms in total. The molecule has 1 fully saturated rings. The molecule has 0 saturated carbocycles. The van der Waals surface area contributed by atoms with Crippen LogP contribution in [0.25, 0.3) is 11.3 Å². The number of aryl methyl sites for hydroxylation is 1. The molecule has 0 unspecified atom stereocenters. The Kier molecular flexibility index (Phi) is 7.42. The highest BCUT2D eigenvalue weighted by Gasteiger charge is 2.21. The molecule has 6 heteroatoms. The zero-order valence-electron chi connectivity index (χ0n) is 20.3. The minimum Gasteiger partial charge on any atom is -0.369 e. The molecule has 0 amide bonds. The van der Waals surface area contributed by atoms with Gasteiger partial charge in [0.25, 0.3) is 0 Å². The monoisotopic (exact) mass is 465 g/mol. The first-order valence-electron chi connectivity index (χ1n) is 11.9. The van der Waals surface area contributed by atoms with E-state index in [1.807, 2.05) is 12.1 Å². The summed E-state index contributed by atoms with van der Waals surface area (Å²) in [7, 11) is 0. The fourth-order valence-corrected chi connectivity index (χ4v) is 4.54. The van der Waals surface area contributed by atoms with Crippen molar-refractivity contribution in [3.63, 3.8) is 0 Å². The van der Waals surface area contributed by atoms with Gasteiger partial charge in [-0.25, -0.2) is 0 Å². The molecule has 176 valence electrons. The fourth-order valence-electron chi connectivity index (χ4n) is 4.42. The molecule has 2 heterocycles. The van der Waals surface area contributed by atoms with Gasteiger partial charge >= 0.3 is 0 Å². The van der Waals surface area contributed by atoms with E-state index in [2.05, 4.69) is 90.0 Å². The van der Waals surface area contributed by atoms with Gasteiger partial charge in [0, 0.05) is 62.1 Å². The highest BCUT2D eigenvalue weighted by molar-refractivity contribution is 6.30. The number of nitrogens with one attached hydrogen (secondary N) is 1. The number of hydrogen-bond donors (Lipinski definition) is 1. The molecule has 0 spiro atoms. The van der Waals surface area contributed by atoms with Crippen LogP contribution in [0.5, 0.6) is 0 Å². The van der Waals surface area contributed by atoms with E-state index in [0.29, 0.717) is 0 Å². The summed E-state index contributed by atoms with van der Waals surface area (Å²) in [4.78, 5) is 4.97. The van der Waals surface area contributed by atoms with E-state index < -0.39 is 0 Å². The second kappa shape index (κ2) is 10.3. The first-order chi connectivity index (χ1) is 15.8. The van der Waals surface area contributed by atoms with E-state index in [0.717, 1.165) is 56.5 Å². The molecule has 2 aromatic carbocycles. The van der Waals surface area contributed by atoms with E-state index in [1.165, 1.54) is 22.5 Å². The quantitative estimate of drug-likeness (QED) is 0.488.